The van der Waals surface area contributed by atoms with Gasteiger partial charge in [0.2, 0.25) is 0 Å². The second-order valence-corrected chi connectivity index (χ2v) is 5.72. The number of benzene rings is 1. The molecule has 0 spiro atoms. The highest BCUT2D eigenvalue weighted by atomic mass is 79.9. The van der Waals surface area contributed by atoms with E-state index in [1.165, 1.54) is 6.07 Å². The van der Waals surface area contributed by atoms with Gasteiger partial charge in [-0.15, -0.1) is 0 Å². The molecule has 2 amide bonds. The number of carbonyl (C=O) groups excluding carboxylic acids is 1. The van der Waals surface area contributed by atoms with Gasteiger partial charge in [-0.3, -0.25) is 0 Å². The van der Waals surface area contributed by atoms with E-state index in [1.54, 1.807) is 6.07 Å². The van der Waals surface area contributed by atoms with Crippen molar-refractivity contribution in [2.75, 3.05) is 11.9 Å². The SMILES string of the molecule is CC(O)(CNC(=O)Nc1ccc(Br)c(Cl)c1Cl)C(=O)O. The van der Waals surface area contributed by atoms with Crippen LogP contribution in [0.3, 0.4) is 0 Å². The predicted octanol–water partition coefficient (Wildman–Crippen LogP) is 2.71. The molecule has 0 fully saturated rings. The van der Waals surface area contributed by atoms with E-state index < -0.39 is 24.1 Å². The quantitative estimate of drug-likeness (QED) is 0.599. The first-order chi connectivity index (χ1) is 9.15. The fourth-order valence-electron chi connectivity index (χ4n) is 1.12. The number of amides is 2. The number of carbonyl (C=O) groups is 2. The van der Waals surface area contributed by atoms with Crippen LogP contribution in [0.2, 0.25) is 10.0 Å². The van der Waals surface area contributed by atoms with E-state index in [1.807, 2.05) is 0 Å². The van der Waals surface area contributed by atoms with Gasteiger partial charge in [-0.2, -0.15) is 0 Å². The van der Waals surface area contributed by atoms with E-state index in [2.05, 4.69) is 26.6 Å². The summed E-state index contributed by atoms with van der Waals surface area (Å²) in [6, 6.07) is 2.40. The lowest BCUT2D eigenvalue weighted by molar-refractivity contribution is -0.155. The molecule has 1 unspecified atom stereocenters. The summed E-state index contributed by atoms with van der Waals surface area (Å²) in [4.78, 5) is 22.3. The molecule has 1 aromatic rings. The van der Waals surface area contributed by atoms with Crippen LogP contribution in [0.15, 0.2) is 16.6 Å². The van der Waals surface area contributed by atoms with Crippen LogP contribution in [0.4, 0.5) is 10.5 Å². The third-order valence-corrected chi connectivity index (χ3v) is 4.11. The van der Waals surface area contributed by atoms with Gasteiger partial charge in [-0.25, -0.2) is 9.59 Å². The molecule has 20 heavy (non-hydrogen) atoms. The fraction of sp³-hybridized carbons (Fsp3) is 0.273. The number of halogens is 3. The van der Waals surface area contributed by atoms with Crippen molar-refractivity contribution in [2.24, 2.45) is 0 Å². The molecule has 0 bridgehead atoms. The number of anilines is 1. The second kappa shape index (κ2) is 6.62. The van der Waals surface area contributed by atoms with Gasteiger partial charge >= 0.3 is 12.0 Å². The van der Waals surface area contributed by atoms with Gasteiger partial charge in [0.15, 0.2) is 5.60 Å². The van der Waals surface area contributed by atoms with Gasteiger partial charge in [0, 0.05) is 4.47 Å². The lowest BCUT2D eigenvalue weighted by Gasteiger charge is -2.18. The lowest BCUT2D eigenvalue weighted by atomic mass is 10.1. The molecule has 110 valence electrons. The van der Waals surface area contributed by atoms with E-state index >= 15 is 0 Å². The Morgan fingerprint density at radius 2 is 1.95 bits per heavy atom. The molecule has 0 aliphatic carbocycles. The summed E-state index contributed by atoms with van der Waals surface area (Å²) in [7, 11) is 0. The smallest absolute Gasteiger partial charge is 0.337 e. The number of hydrogen-bond acceptors (Lipinski definition) is 3. The summed E-state index contributed by atoms with van der Waals surface area (Å²) >= 11 is 15.0. The van der Waals surface area contributed by atoms with Crippen molar-refractivity contribution >= 4 is 56.8 Å². The van der Waals surface area contributed by atoms with E-state index in [0.29, 0.717) is 4.47 Å². The normalized spacial score (nSPS) is 13.4. The third kappa shape index (κ3) is 4.24. The van der Waals surface area contributed by atoms with E-state index in [-0.39, 0.29) is 15.7 Å². The zero-order chi connectivity index (χ0) is 15.5. The van der Waals surface area contributed by atoms with Crippen molar-refractivity contribution in [2.45, 2.75) is 12.5 Å². The van der Waals surface area contributed by atoms with Gasteiger partial charge in [0.1, 0.15) is 0 Å². The highest BCUT2D eigenvalue weighted by Crippen LogP contribution is 2.35. The maximum absolute atomic E-state index is 11.6. The number of nitrogens with one attached hydrogen (secondary N) is 2. The van der Waals surface area contributed by atoms with E-state index in [4.69, 9.17) is 28.3 Å². The number of aliphatic hydroxyl groups is 1. The number of carboxylic acid groups (broad SMARTS) is 1. The van der Waals surface area contributed by atoms with E-state index in [0.717, 1.165) is 6.92 Å². The maximum Gasteiger partial charge on any atom is 0.337 e. The summed E-state index contributed by atoms with van der Waals surface area (Å²) in [6.07, 6.45) is 0. The van der Waals surface area contributed by atoms with Gasteiger partial charge in [-0.1, -0.05) is 23.2 Å². The maximum atomic E-state index is 11.6. The Bertz CT molecular complexity index is 551. The molecular weight excluding hydrogens is 375 g/mol. The number of urea groups is 1. The van der Waals surface area contributed by atoms with Crippen molar-refractivity contribution in [1.29, 1.82) is 0 Å². The van der Waals surface area contributed by atoms with Crippen LogP contribution in [0.1, 0.15) is 6.92 Å². The molecular formula is C11H11BrCl2N2O4. The van der Waals surface area contributed by atoms with Crippen molar-refractivity contribution in [3.63, 3.8) is 0 Å². The Morgan fingerprint density at radius 1 is 1.35 bits per heavy atom. The van der Waals surface area contributed by atoms with Crippen LogP contribution in [-0.4, -0.2) is 34.4 Å². The molecule has 1 atom stereocenters. The van der Waals surface area contributed by atoms with Crippen molar-refractivity contribution in [3.05, 3.63) is 26.7 Å². The number of aliphatic carboxylic acids is 1. The molecule has 0 aromatic heterocycles. The first kappa shape index (κ1) is 17.0. The van der Waals surface area contributed by atoms with Crippen LogP contribution in [0.25, 0.3) is 0 Å². The summed E-state index contributed by atoms with van der Waals surface area (Å²) in [5.41, 5.74) is -1.80. The zero-order valence-corrected chi connectivity index (χ0v) is 13.3. The first-order valence-corrected chi connectivity index (χ1v) is 6.84. The average molecular weight is 386 g/mol. The first-order valence-electron chi connectivity index (χ1n) is 5.29. The van der Waals surface area contributed by atoms with Crippen molar-refractivity contribution < 1.29 is 19.8 Å². The Balaban J connectivity index is 2.69. The summed E-state index contributed by atoms with van der Waals surface area (Å²) in [5, 5.41) is 23.1. The summed E-state index contributed by atoms with van der Waals surface area (Å²) in [6.45, 7) is 0.606. The minimum Gasteiger partial charge on any atom is -0.479 e. The standard InChI is InChI=1S/C11H11BrCl2N2O4/c1-11(20,9(17)18)4-15-10(19)16-6-3-2-5(12)7(13)8(6)14/h2-3,20H,4H2,1H3,(H,17,18)(H2,15,16,19). The van der Waals surface area contributed by atoms with Crippen LogP contribution in [0.5, 0.6) is 0 Å². The van der Waals surface area contributed by atoms with Crippen LogP contribution >= 0.6 is 39.1 Å². The topological polar surface area (TPSA) is 98.7 Å². The molecule has 0 aliphatic rings. The Labute approximate surface area is 133 Å². The summed E-state index contributed by atoms with van der Waals surface area (Å²) < 4.78 is 0.573. The molecule has 0 heterocycles. The van der Waals surface area contributed by atoms with Gasteiger partial charge in [-0.05, 0) is 35.0 Å². The number of rotatable bonds is 4. The van der Waals surface area contributed by atoms with Crippen molar-refractivity contribution in [1.82, 2.24) is 5.32 Å². The zero-order valence-electron chi connectivity index (χ0n) is 10.2. The highest BCUT2D eigenvalue weighted by molar-refractivity contribution is 9.10. The molecule has 4 N–H and O–H groups in total. The molecule has 0 radical (unpaired) electrons. The van der Waals surface area contributed by atoms with Crippen molar-refractivity contribution in [3.8, 4) is 0 Å². The fourth-order valence-corrected chi connectivity index (χ4v) is 1.94. The molecule has 9 heteroatoms. The molecule has 0 saturated heterocycles. The minimum absolute atomic E-state index is 0.140. The van der Waals surface area contributed by atoms with Crippen LogP contribution in [-0.2, 0) is 4.79 Å². The number of carboxylic acids is 1. The van der Waals surface area contributed by atoms with Gasteiger partial charge in [0.25, 0.3) is 0 Å². The second-order valence-electron chi connectivity index (χ2n) is 4.11. The summed E-state index contributed by atoms with van der Waals surface area (Å²) in [5.74, 6) is -1.44. The minimum atomic E-state index is -2.06. The van der Waals surface area contributed by atoms with Crippen LogP contribution in [0, 0.1) is 0 Å². The monoisotopic (exact) mass is 384 g/mol. The molecule has 1 aromatic carbocycles. The Morgan fingerprint density at radius 3 is 2.50 bits per heavy atom. The third-order valence-electron chi connectivity index (χ3n) is 2.34. The molecule has 6 nitrogen and oxygen atoms in total. The largest absolute Gasteiger partial charge is 0.479 e. The molecule has 1 rings (SSSR count). The number of hydrogen-bond donors (Lipinski definition) is 4. The highest BCUT2D eigenvalue weighted by Gasteiger charge is 2.30. The Hall–Kier alpha value is -1.02. The van der Waals surface area contributed by atoms with Gasteiger partial charge in [0.05, 0.1) is 22.3 Å². The Kier molecular flexibility index (Phi) is 5.64. The average Bonchev–Trinajstić information content (AvgIpc) is 2.37. The predicted molar refractivity (Wildman–Crippen MR) is 79.4 cm³/mol. The van der Waals surface area contributed by atoms with Gasteiger partial charge < -0.3 is 20.8 Å². The van der Waals surface area contributed by atoms with Crippen LogP contribution < -0.4 is 10.6 Å². The van der Waals surface area contributed by atoms with E-state index in [9.17, 15) is 14.7 Å². The molecule has 0 aliphatic heterocycles. The lowest BCUT2D eigenvalue weighted by Crippen LogP contribution is -2.47. The molecule has 0 saturated carbocycles.